The first-order valence-electron chi connectivity index (χ1n) is 9.78. The van der Waals surface area contributed by atoms with Crippen molar-refractivity contribution in [2.45, 2.75) is 57.7 Å². The third-order valence-electron chi connectivity index (χ3n) is 5.55. The number of hydrogen-bond donors (Lipinski definition) is 0. The molecule has 0 spiro atoms. The number of aromatic nitrogens is 3. The van der Waals surface area contributed by atoms with Crippen molar-refractivity contribution >= 4 is 34.2 Å². The molecule has 0 aliphatic carbocycles. The van der Waals surface area contributed by atoms with Crippen LogP contribution in [0.5, 0.6) is 0 Å². The number of carbonyl (C=O) groups excluding carboxylic acids is 1. The van der Waals surface area contributed by atoms with Gasteiger partial charge in [0.2, 0.25) is 5.91 Å². The zero-order chi connectivity index (χ0) is 19.0. The van der Waals surface area contributed by atoms with E-state index >= 15 is 0 Å². The zero-order valence-electron chi connectivity index (χ0n) is 16.2. The highest BCUT2D eigenvalue weighted by Crippen LogP contribution is 2.27. The number of nitrogens with zero attached hydrogens (tertiary/aromatic N) is 4. The number of carbonyl (C=O) groups is 1. The Bertz CT molecular complexity index is 997. The van der Waals surface area contributed by atoms with Crippen molar-refractivity contribution in [2.75, 3.05) is 12.3 Å². The fourth-order valence-electron chi connectivity index (χ4n) is 3.95. The van der Waals surface area contributed by atoms with Gasteiger partial charge in [-0.1, -0.05) is 24.8 Å². The van der Waals surface area contributed by atoms with E-state index in [1.54, 1.807) is 0 Å². The van der Waals surface area contributed by atoms with Crippen LogP contribution in [0.2, 0.25) is 0 Å². The van der Waals surface area contributed by atoms with Gasteiger partial charge in [0.05, 0.1) is 11.3 Å². The van der Waals surface area contributed by atoms with Crippen LogP contribution in [-0.4, -0.2) is 43.7 Å². The van der Waals surface area contributed by atoms with E-state index in [2.05, 4.69) is 59.6 Å². The van der Waals surface area contributed by atoms with Gasteiger partial charge in [0.15, 0.2) is 10.8 Å². The molecule has 3 aromatic rings. The van der Waals surface area contributed by atoms with Gasteiger partial charge >= 0.3 is 0 Å². The average Bonchev–Trinajstić information content (AvgIpc) is 3.11. The van der Waals surface area contributed by atoms with Gasteiger partial charge < -0.3 is 4.90 Å². The maximum Gasteiger partial charge on any atom is 0.233 e. The maximum absolute atomic E-state index is 12.7. The quantitative estimate of drug-likeness (QED) is 0.633. The third kappa shape index (κ3) is 3.43. The molecule has 142 valence electrons. The number of amides is 1. The Morgan fingerprint density at radius 1 is 1.26 bits per heavy atom. The van der Waals surface area contributed by atoms with Crippen LogP contribution in [0.25, 0.3) is 16.6 Å². The Balaban J connectivity index is 1.65. The normalized spacial score (nSPS) is 17.7. The molecule has 0 bridgehead atoms. The van der Waals surface area contributed by atoms with Crippen LogP contribution in [-0.2, 0) is 11.2 Å². The molecule has 3 heterocycles. The third-order valence-corrected chi connectivity index (χ3v) is 6.46. The van der Waals surface area contributed by atoms with Gasteiger partial charge in [0.25, 0.3) is 0 Å². The first kappa shape index (κ1) is 18.3. The van der Waals surface area contributed by atoms with Gasteiger partial charge in [0.1, 0.15) is 0 Å². The van der Waals surface area contributed by atoms with Crippen molar-refractivity contribution in [2.24, 2.45) is 0 Å². The molecule has 27 heavy (non-hydrogen) atoms. The van der Waals surface area contributed by atoms with Crippen LogP contribution in [0, 0.1) is 6.92 Å². The summed E-state index contributed by atoms with van der Waals surface area (Å²) in [5, 5.41) is 10.8. The van der Waals surface area contributed by atoms with E-state index < -0.39 is 0 Å². The van der Waals surface area contributed by atoms with Crippen molar-refractivity contribution in [1.82, 2.24) is 19.5 Å². The number of fused-ring (bicyclic) bond motifs is 3. The lowest BCUT2D eigenvalue weighted by atomic mass is 10.0. The summed E-state index contributed by atoms with van der Waals surface area (Å²) in [6.45, 7) is 7.26. The average molecular weight is 383 g/mol. The molecule has 1 aliphatic heterocycles. The second kappa shape index (κ2) is 7.50. The zero-order valence-corrected chi connectivity index (χ0v) is 17.1. The fraction of sp³-hybridized carbons (Fsp3) is 0.476. The minimum Gasteiger partial charge on any atom is -0.339 e. The predicted octanol–water partition coefficient (Wildman–Crippen LogP) is 4.25. The summed E-state index contributed by atoms with van der Waals surface area (Å²) in [5.41, 5.74) is 4.39. The lowest BCUT2D eigenvalue weighted by molar-refractivity contribution is -0.131. The van der Waals surface area contributed by atoms with E-state index in [-0.39, 0.29) is 5.91 Å². The standard InChI is InChI=1S/C21H26N4OS/c1-4-16-8-9-18-17(12-16)11-14(2)20-22-23-21(25(18)20)27-13-19(26)24-10-6-5-7-15(24)3/h8-9,11-12,15H,4-7,10,13H2,1-3H3/t15-/m1/s1. The van der Waals surface area contributed by atoms with Gasteiger partial charge in [-0.25, -0.2) is 0 Å². The maximum atomic E-state index is 12.7. The molecule has 5 nitrogen and oxygen atoms in total. The molecule has 1 aromatic carbocycles. The van der Waals surface area contributed by atoms with Gasteiger partial charge in [-0.15, -0.1) is 10.2 Å². The van der Waals surface area contributed by atoms with E-state index in [1.165, 1.54) is 29.1 Å². The molecular formula is C21H26N4OS. The molecule has 2 aromatic heterocycles. The molecule has 1 atom stereocenters. The number of thioether (sulfide) groups is 1. The summed E-state index contributed by atoms with van der Waals surface area (Å²) in [7, 11) is 0. The van der Waals surface area contributed by atoms with Gasteiger partial charge in [-0.05, 0) is 74.2 Å². The smallest absolute Gasteiger partial charge is 0.233 e. The molecule has 0 radical (unpaired) electrons. The summed E-state index contributed by atoms with van der Waals surface area (Å²) in [4.78, 5) is 14.7. The molecular weight excluding hydrogens is 356 g/mol. The van der Waals surface area contributed by atoms with Gasteiger partial charge in [-0.3, -0.25) is 9.20 Å². The monoisotopic (exact) mass is 382 g/mol. The first-order valence-corrected chi connectivity index (χ1v) is 10.8. The highest BCUT2D eigenvalue weighted by atomic mass is 32.2. The van der Waals surface area contributed by atoms with E-state index in [9.17, 15) is 4.79 Å². The van der Waals surface area contributed by atoms with Crippen LogP contribution in [0.15, 0.2) is 29.4 Å². The first-order chi connectivity index (χ1) is 13.1. The number of piperidine rings is 1. The fourth-order valence-corrected chi connectivity index (χ4v) is 4.79. The SMILES string of the molecule is CCc1ccc2c(c1)cc(C)c1nnc(SCC(=O)N3CCCC[C@H]3C)n12. The van der Waals surface area contributed by atoms with Crippen LogP contribution in [0.4, 0.5) is 0 Å². The molecule has 0 N–H and O–H groups in total. The molecule has 1 saturated heterocycles. The summed E-state index contributed by atoms with van der Waals surface area (Å²) < 4.78 is 2.10. The largest absolute Gasteiger partial charge is 0.339 e. The predicted molar refractivity (Wildman–Crippen MR) is 110 cm³/mol. The molecule has 0 unspecified atom stereocenters. The van der Waals surface area contributed by atoms with Crippen LogP contribution in [0.1, 0.15) is 44.2 Å². The number of hydrogen-bond acceptors (Lipinski definition) is 4. The molecule has 1 aliphatic rings. The van der Waals surface area contributed by atoms with E-state index in [0.29, 0.717) is 11.8 Å². The minimum absolute atomic E-state index is 0.203. The Labute approximate surface area is 164 Å². The van der Waals surface area contributed by atoms with E-state index in [4.69, 9.17) is 0 Å². The molecule has 0 saturated carbocycles. The Morgan fingerprint density at radius 3 is 2.89 bits per heavy atom. The summed E-state index contributed by atoms with van der Waals surface area (Å²) in [5.74, 6) is 0.613. The van der Waals surface area contributed by atoms with Crippen molar-refractivity contribution < 1.29 is 4.79 Å². The number of rotatable bonds is 4. The van der Waals surface area contributed by atoms with Crippen molar-refractivity contribution in [1.29, 1.82) is 0 Å². The minimum atomic E-state index is 0.203. The van der Waals surface area contributed by atoms with Gasteiger partial charge in [0, 0.05) is 12.6 Å². The molecule has 1 amide bonds. The Hall–Kier alpha value is -2.08. The number of aryl methyl sites for hydroxylation is 2. The van der Waals surface area contributed by atoms with Crippen LogP contribution in [0.3, 0.4) is 0 Å². The second-order valence-electron chi connectivity index (χ2n) is 7.44. The molecule has 6 heteroatoms. The Morgan fingerprint density at radius 2 is 2.11 bits per heavy atom. The van der Waals surface area contributed by atoms with E-state index in [0.717, 1.165) is 47.7 Å². The highest BCUT2D eigenvalue weighted by molar-refractivity contribution is 7.99. The van der Waals surface area contributed by atoms with Crippen molar-refractivity contribution in [3.05, 3.63) is 35.4 Å². The number of likely N-dealkylation sites (tertiary alicyclic amines) is 1. The Kier molecular flexibility index (Phi) is 5.08. The van der Waals surface area contributed by atoms with Crippen LogP contribution < -0.4 is 0 Å². The second-order valence-corrected chi connectivity index (χ2v) is 8.38. The van der Waals surface area contributed by atoms with Crippen molar-refractivity contribution in [3.8, 4) is 0 Å². The lowest BCUT2D eigenvalue weighted by Crippen LogP contribution is -2.42. The lowest BCUT2D eigenvalue weighted by Gasteiger charge is -2.33. The summed E-state index contributed by atoms with van der Waals surface area (Å²) in [6.07, 6.45) is 4.45. The van der Waals surface area contributed by atoms with Crippen LogP contribution >= 0.6 is 11.8 Å². The number of pyridine rings is 1. The molecule has 4 rings (SSSR count). The highest BCUT2D eigenvalue weighted by Gasteiger charge is 2.23. The van der Waals surface area contributed by atoms with E-state index in [1.807, 2.05) is 4.90 Å². The molecule has 1 fully saturated rings. The number of benzene rings is 1. The summed E-state index contributed by atoms with van der Waals surface area (Å²) in [6, 6.07) is 9.05. The topological polar surface area (TPSA) is 50.5 Å². The summed E-state index contributed by atoms with van der Waals surface area (Å²) >= 11 is 1.49. The van der Waals surface area contributed by atoms with Crippen molar-refractivity contribution in [3.63, 3.8) is 0 Å². The van der Waals surface area contributed by atoms with Gasteiger partial charge in [-0.2, -0.15) is 0 Å².